The Morgan fingerprint density at radius 1 is 1.18 bits per heavy atom. The van der Waals surface area contributed by atoms with E-state index in [1.165, 1.54) is 19.3 Å². The van der Waals surface area contributed by atoms with Gasteiger partial charge in [0.2, 0.25) is 11.8 Å². The Morgan fingerprint density at radius 2 is 2.07 bits per heavy atom. The van der Waals surface area contributed by atoms with Crippen molar-refractivity contribution in [3.63, 3.8) is 0 Å². The summed E-state index contributed by atoms with van der Waals surface area (Å²) in [6.07, 6.45) is 8.45. The Kier molecular flexibility index (Phi) is 5.73. The average molecular weight is 387 g/mol. The molecule has 8 nitrogen and oxygen atoms in total. The van der Waals surface area contributed by atoms with E-state index in [4.69, 9.17) is 4.52 Å². The van der Waals surface area contributed by atoms with E-state index in [2.05, 4.69) is 24.9 Å². The van der Waals surface area contributed by atoms with Crippen LogP contribution in [0.2, 0.25) is 0 Å². The molecule has 4 rings (SSSR count). The molecule has 0 N–H and O–H groups in total. The smallest absolute Gasteiger partial charge is 0.226 e. The molecule has 1 atom stereocenters. The Balaban J connectivity index is 1.36. The summed E-state index contributed by atoms with van der Waals surface area (Å²) in [6.45, 7) is 5.86. The molecule has 1 saturated heterocycles. The summed E-state index contributed by atoms with van der Waals surface area (Å²) in [7, 11) is 0. The zero-order chi connectivity index (χ0) is 19.5. The van der Waals surface area contributed by atoms with Crippen LogP contribution in [0, 0.1) is 0 Å². The molecule has 1 fully saturated rings. The first-order valence-electron chi connectivity index (χ1n) is 10.7. The minimum Gasteiger partial charge on any atom is -0.339 e. The topological polar surface area (TPSA) is 89.9 Å². The summed E-state index contributed by atoms with van der Waals surface area (Å²) >= 11 is 0. The highest BCUT2D eigenvalue weighted by molar-refractivity contribution is 5.76. The van der Waals surface area contributed by atoms with Crippen LogP contribution in [-0.4, -0.2) is 42.3 Å². The summed E-state index contributed by atoms with van der Waals surface area (Å²) in [5, 5.41) is 12.9. The van der Waals surface area contributed by atoms with E-state index < -0.39 is 0 Å². The van der Waals surface area contributed by atoms with Crippen LogP contribution in [0.4, 0.5) is 0 Å². The van der Waals surface area contributed by atoms with Gasteiger partial charge in [-0.3, -0.25) is 4.79 Å². The third kappa shape index (κ3) is 3.95. The van der Waals surface area contributed by atoms with Gasteiger partial charge < -0.3 is 14.0 Å². The molecule has 8 heteroatoms. The Labute approximate surface area is 165 Å². The van der Waals surface area contributed by atoms with Gasteiger partial charge in [-0.15, -0.1) is 10.2 Å². The van der Waals surface area contributed by atoms with Gasteiger partial charge in [0.15, 0.2) is 11.6 Å². The van der Waals surface area contributed by atoms with Crippen LogP contribution in [-0.2, 0) is 24.2 Å². The second-order valence-electron chi connectivity index (χ2n) is 8.24. The molecule has 2 aromatic rings. The van der Waals surface area contributed by atoms with Crippen molar-refractivity contribution in [3.8, 4) is 0 Å². The minimum atomic E-state index is 0.0720. The summed E-state index contributed by atoms with van der Waals surface area (Å²) in [5.74, 6) is 3.87. The lowest BCUT2D eigenvalue weighted by atomic mass is 10.1. The average Bonchev–Trinajstić information content (AvgIpc) is 3.38. The van der Waals surface area contributed by atoms with Crippen LogP contribution in [0.25, 0.3) is 0 Å². The third-order valence-corrected chi connectivity index (χ3v) is 5.79. The Morgan fingerprint density at radius 3 is 2.89 bits per heavy atom. The number of hydrogen-bond acceptors (Lipinski definition) is 6. The number of carbonyl (C=O) groups is 1. The van der Waals surface area contributed by atoms with Crippen molar-refractivity contribution in [2.45, 2.75) is 90.1 Å². The number of nitrogens with zero attached hydrogens (tertiary/aromatic N) is 6. The van der Waals surface area contributed by atoms with Crippen molar-refractivity contribution in [2.24, 2.45) is 0 Å². The molecule has 0 unspecified atom stereocenters. The number of amides is 1. The van der Waals surface area contributed by atoms with Crippen LogP contribution in [0.5, 0.6) is 0 Å². The molecule has 152 valence electrons. The first kappa shape index (κ1) is 19.1. The van der Waals surface area contributed by atoms with E-state index >= 15 is 0 Å². The standard InChI is InChI=1S/C20H30N6O2/c1-14(2)19-21-17(28-24-19)10-6-11-18(27)25-13-7-8-15(25)20-23-22-16-9-4-3-5-12-26(16)20/h14-15H,3-13H2,1-2H3/t15-/m1/s1. The molecule has 0 saturated carbocycles. The van der Waals surface area contributed by atoms with E-state index in [1.54, 1.807) is 0 Å². The van der Waals surface area contributed by atoms with Crippen molar-refractivity contribution < 1.29 is 9.32 Å². The molecule has 2 aromatic heterocycles. The first-order valence-corrected chi connectivity index (χ1v) is 10.7. The largest absolute Gasteiger partial charge is 0.339 e. The molecule has 0 bridgehead atoms. The molecule has 2 aliphatic rings. The van der Waals surface area contributed by atoms with E-state index in [0.717, 1.165) is 56.2 Å². The number of fused-ring (bicyclic) bond motifs is 1. The first-order chi connectivity index (χ1) is 13.6. The predicted molar refractivity (Wildman–Crippen MR) is 103 cm³/mol. The van der Waals surface area contributed by atoms with Gasteiger partial charge in [0.1, 0.15) is 5.82 Å². The zero-order valence-electron chi connectivity index (χ0n) is 16.9. The fourth-order valence-corrected chi connectivity index (χ4v) is 4.23. The highest BCUT2D eigenvalue weighted by Gasteiger charge is 2.34. The number of aryl methyl sites for hydroxylation is 2. The van der Waals surface area contributed by atoms with Crippen LogP contribution in [0.15, 0.2) is 4.52 Å². The molecule has 0 spiro atoms. The van der Waals surface area contributed by atoms with Crippen molar-refractivity contribution in [1.82, 2.24) is 29.8 Å². The molecule has 0 radical (unpaired) electrons. The van der Waals surface area contributed by atoms with Gasteiger partial charge in [0, 0.05) is 38.3 Å². The number of rotatable bonds is 6. The van der Waals surface area contributed by atoms with Crippen molar-refractivity contribution >= 4 is 5.91 Å². The van der Waals surface area contributed by atoms with Gasteiger partial charge in [-0.05, 0) is 32.1 Å². The predicted octanol–water partition coefficient (Wildman–Crippen LogP) is 3.20. The summed E-state index contributed by atoms with van der Waals surface area (Å²) < 4.78 is 7.55. The number of hydrogen-bond donors (Lipinski definition) is 0. The molecule has 28 heavy (non-hydrogen) atoms. The van der Waals surface area contributed by atoms with Gasteiger partial charge in [0.05, 0.1) is 6.04 Å². The maximum atomic E-state index is 12.9. The number of aromatic nitrogens is 5. The third-order valence-electron chi connectivity index (χ3n) is 5.79. The van der Waals surface area contributed by atoms with E-state index in [0.29, 0.717) is 18.7 Å². The van der Waals surface area contributed by atoms with Crippen LogP contribution < -0.4 is 0 Å². The lowest BCUT2D eigenvalue weighted by Gasteiger charge is -2.24. The van der Waals surface area contributed by atoms with Gasteiger partial charge in [-0.25, -0.2) is 0 Å². The number of carbonyl (C=O) groups excluding carboxylic acids is 1. The molecule has 2 aliphatic heterocycles. The highest BCUT2D eigenvalue weighted by atomic mass is 16.5. The van der Waals surface area contributed by atoms with E-state index in [1.807, 2.05) is 18.7 Å². The second-order valence-corrected chi connectivity index (χ2v) is 8.24. The summed E-state index contributed by atoms with van der Waals surface area (Å²) in [6, 6.07) is 0.0720. The molecule has 1 amide bonds. The van der Waals surface area contributed by atoms with Crippen LogP contribution in [0.1, 0.15) is 94.1 Å². The highest BCUT2D eigenvalue weighted by Crippen LogP contribution is 2.33. The van der Waals surface area contributed by atoms with Gasteiger partial charge >= 0.3 is 0 Å². The van der Waals surface area contributed by atoms with E-state index in [9.17, 15) is 4.79 Å². The van der Waals surface area contributed by atoms with Crippen LogP contribution in [0.3, 0.4) is 0 Å². The second kappa shape index (κ2) is 8.41. The number of likely N-dealkylation sites (tertiary alicyclic amines) is 1. The maximum absolute atomic E-state index is 12.9. The SMILES string of the molecule is CC(C)c1noc(CCCC(=O)N2CCC[C@@H]2c2nnc3n2CCCCC3)n1. The quantitative estimate of drug-likeness (QED) is 0.757. The minimum absolute atomic E-state index is 0.0720. The van der Waals surface area contributed by atoms with Gasteiger partial charge in [-0.1, -0.05) is 25.4 Å². The molecule has 4 heterocycles. The van der Waals surface area contributed by atoms with E-state index in [-0.39, 0.29) is 17.9 Å². The summed E-state index contributed by atoms with van der Waals surface area (Å²) in [5.41, 5.74) is 0. The lowest BCUT2D eigenvalue weighted by Crippen LogP contribution is -2.32. The molecule has 0 aliphatic carbocycles. The van der Waals surface area contributed by atoms with Gasteiger partial charge in [0.25, 0.3) is 0 Å². The van der Waals surface area contributed by atoms with Crippen molar-refractivity contribution in [3.05, 3.63) is 23.4 Å². The van der Waals surface area contributed by atoms with Crippen molar-refractivity contribution in [2.75, 3.05) is 6.54 Å². The molecular formula is C20H30N6O2. The monoisotopic (exact) mass is 386 g/mol. The summed E-state index contributed by atoms with van der Waals surface area (Å²) in [4.78, 5) is 19.3. The maximum Gasteiger partial charge on any atom is 0.226 e. The normalized spacial score (nSPS) is 19.8. The lowest BCUT2D eigenvalue weighted by molar-refractivity contribution is -0.132. The van der Waals surface area contributed by atoms with Crippen molar-refractivity contribution in [1.29, 1.82) is 0 Å². The fraction of sp³-hybridized carbons (Fsp3) is 0.750. The zero-order valence-corrected chi connectivity index (χ0v) is 16.9. The Bertz CT molecular complexity index is 811. The fourth-order valence-electron chi connectivity index (χ4n) is 4.23. The van der Waals surface area contributed by atoms with Crippen LogP contribution >= 0.6 is 0 Å². The molecule has 0 aromatic carbocycles. The van der Waals surface area contributed by atoms with Gasteiger partial charge in [-0.2, -0.15) is 4.98 Å². The Hall–Kier alpha value is -2.25. The molecular weight excluding hydrogens is 356 g/mol.